The lowest BCUT2D eigenvalue weighted by Gasteiger charge is -2.09. The first-order valence-electron chi connectivity index (χ1n) is 9.76. The molecule has 0 aliphatic heterocycles. The minimum atomic E-state index is -3.60. The fraction of sp³-hybridized carbons (Fsp3) is 0.381. The van der Waals surface area contributed by atoms with Crippen molar-refractivity contribution in [2.24, 2.45) is 0 Å². The monoisotopic (exact) mass is 448 g/mol. The van der Waals surface area contributed by atoms with Gasteiger partial charge in [-0.2, -0.15) is 0 Å². The summed E-state index contributed by atoms with van der Waals surface area (Å²) >= 11 is 1.40. The van der Waals surface area contributed by atoms with Gasteiger partial charge in [-0.1, -0.05) is 6.07 Å². The molecule has 9 heteroatoms. The Labute approximate surface area is 179 Å². The fourth-order valence-electron chi connectivity index (χ4n) is 2.79. The van der Waals surface area contributed by atoms with Crippen LogP contribution < -0.4 is 10.0 Å². The van der Waals surface area contributed by atoms with Crippen molar-refractivity contribution in [1.82, 2.24) is 4.72 Å². The summed E-state index contributed by atoms with van der Waals surface area (Å²) in [4.78, 5) is 38.0. The van der Waals surface area contributed by atoms with Crippen LogP contribution in [0.15, 0.2) is 41.3 Å². The van der Waals surface area contributed by atoms with Crippen LogP contribution in [0.4, 0.5) is 5.69 Å². The number of sulfonamides is 1. The molecule has 0 radical (unpaired) electrons. The van der Waals surface area contributed by atoms with Crippen molar-refractivity contribution in [3.63, 3.8) is 0 Å². The average molecular weight is 449 g/mol. The van der Waals surface area contributed by atoms with E-state index in [2.05, 4.69) is 10.0 Å². The number of thiophene rings is 1. The molecule has 1 aromatic heterocycles. The molecule has 1 heterocycles. The first-order valence-corrected chi connectivity index (χ1v) is 12.1. The number of carbonyl (C=O) groups excluding carboxylic acids is 3. The van der Waals surface area contributed by atoms with E-state index in [0.717, 1.165) is 17.7 Å². The second-order valence-corrected chi connectivity index (χ2v) is 10.3. The molecule has 1 amide bonds. The number of hydrogen-bond donors (Lipinski definition) is 2. The summed E-state index contributed by atoms with van der Waals surface area (Å²) in [5.41, 5.74) is 0.356. The van der Waals surface area contributed by atoms with Crippen LogP contribution in [-0.2, 0) is 19.6 Å². The largest absolute Gasteiger partial charge is 0.326 e. The number of rotatable bonds is 11. The topological polar surface area (TPSA) is 109 Å². The highest BCUT2D eigenvalue weighted by Crippen LogP contribution is 2.23. The molecule has 2 N–H and O–H groups in total. The Morgan fingerprint density at radius 2 is 1.77 bits per heavy atom. The summed E-state index contributed by atoms with van der Waals surface area (Å²) in [5, 5.41) is 2.62. The summed E-state index contributed by atoms with van der Waals surface area (Å²) in [5.74, 6) is -0.603. The molecule has 1 aliphatic rings. The van der Waals surface area contributed by atoms with Gasteiger partial charge in [-0.05, 0) is 50.1 Å². The lowest BCUT2D eigenvalue weighted by molar-refractivity contribution is -0.122. The van der Waals surface area contributed by atoms with Crippen LogP contribution in [0.25, 0.3) is 0 Å². The number of nitrogens with one attached hydrogen (secondary N) is 2. The van der Waals surface area contributed by atoms with Crippen LogP contribution in [0.5, 0.6) is 0 Å². The Balaban J connectivity index is 1.44. The Bertz CT molecular complexity index is 1050. The van der Waals surface area contributed by atoms with Gasteiger partial charge >= 0.3 is 0 Å². The summed E-state index contributed by atoms with van der Waals surface area (Å²) in [6.07, 6.45) is 1.91. The fourth-order valence-corrected chi connectivity index (χ4v) is 4.98. The third kappa shape index (κ3) is 6.58. The molecule has 1 saturated carbocycles. The molecule has 0 saturated heterocycles. The second-order valence-electron chi connectivity index (χ2n) is 7.34. The smallest absolute Gasteiger partial charge is 0.240 e. The molecule has 0 spiro atoms. The molecule has 3 rings (SSSR count). The Morgan fingerprint density at radius 1 is 1.03 bits per heavy atom. The first-order chi connectivity index (χ1) is 14.2. The van der Waals surface area contributed by atoms with Gasteiger partial charge in [0.15, 0.2) is 5.78 Å². The first kappa shape index (κ1) is 22.3. The van der Waals surface area contributed by atoms with E-state index < -0.39 is 10.0 Å². The van der Waals surface area contributed by atoms with E-state index in [1.807, 2.05) is 13.0 Å². The number of benzene rings is 1. The van der Waals surface area contributed by atoms with Crippen LogP contribution in [0.2, 0.25) is 0 Å². The van der Waals surface area contributed by atoms with Gasteiger partial charge in [0.25, 0.3) is 0 Å². The van der Waals surface area contributed by atoms with E-state index in [1.54, 1.807) is 18.2 Å². The highest BCUT2D eigenvalue weighted by Gasteiger charge is 2.28. The van der Waals surface area contributed by atoms with Gasteiger partial charge in [0.2, 0.25) is 15.9 Å². The Morgan fingerprint density at radius 3 is 2.43 bits per heavy atom. The highest BCUT2D eigenvalue weighted by molar-refractivity contribution is 7.89. The zero-order valence-corrected chi connectivity index (χ0v) is 18.3. The summed E-state index contributed by atoms with van der Waals surface area (Å²) in [6, 6.07) is 9.64. The molecular weight excluding hydrogens is 424 g/mol. The van der Waals surface area contributed by atoms with Crippen LogP contribution in [-0.4, -0.2) is 31.9 Å². The Hall–Kier alpha value is -2.36. The van der Waals surface area contributed by atoms with Crippen molar-refractivity contribution in [2.75, 3.05) is 5.32 Å². The van der Waals surface area contributed by atoms with Gasteiger partial charge in [-0.3, -0.25) is 14.4 Å². The maximum atomic E-state index is 12.3. The maximum absolute atomic E-state index is 12.3. The molecule has 0 atom stereocenters. The summed E-state index contributed by atoms with van der Waals surface area (Å²) < 4.78 is 27.1. The van der Waals surface area contributed by atoms with Crippen LogP contribution >= 0.6 is 11.3 Å². The standard InChI is InChI=1S/C21H24N2O5S2/c1-14-5-11-20(29-14)19(25)10-8-17(24)9-12-21(26)22-16-3-2-4-18(13-16)30(27,28)23-15-6-7-15/h2-5,11,13,15,23H,6-10,12H2,1H3,(H,22,26). The second kappa shape index (κ2) is 9.63. The van der Waals surface area contributed by atoms with Crippen LogP contribution in [0.1, 0.15) is 53.1 Å². The van der Waals surface area contributed by atoms with E-state index in [1.165, 1.54) is 23.5 Å². The van der Waals surface area contributed by atoms with Crippen molar-refractivity contribution >= 4 is 44.5 Å². The predicted molar refractivity (Wildman–Crippen MR) is 115 cm³/mol. The lowest BCUT2D eigenvalue weighted by atomic mass is 10.1. The molecule has 1 fully saturated rings. The molecule has 30 heavy (non-hydrogen) atoms. The van der Waals surface area contributed by atoms with Gasteiger partial charge in [0.1, 0.15) is 5.78 Å². The van der Waals surface area contributed by atoms with Crippen LogP contribution in [0.3, 0.4) is 0 Å². The number of carbonyl (C=O) groups is 3. The number of ketones is 2. The van der Waals surface area contributed by atoms with Crippen molar-refractivity contribution in [3.8, 4) is 0 Å². The highest BCUT2D eigenvalue weighted by atomic mass is 32.2. The number of anilines is 1. The SMILES string of the molecule is Cc1ccc(C(=O)CCC(=O)CCC(=O)Nc2cccc(S(=O)(=O)NC3CC3)c2)s1. The van der Waals surface area contributed by atoms with Crippen LogP contribution in [0, 0.1) is 6.92 Å². The van der Waals surface area contributed by atoms with Crippen molar-refractivity contribution in [2.45, 2.75) is 56.4 Å². The molecule has 1 aromatic carbocycles. The van der Waals surface area contributed by atoms with Gasteiger partial charge in [0, 0.05) is 42.3 Å². The summed E-state index contributed by atoms with van der Waals surface area (Å²) in [7, 11) is -3.60. The number of amides is 1. The van der Waals surface area contributed by atoms with Gasteiger partial charge < -0.3 is 5.32 Å². The molecule has 160 valence electrons. The van der Waals surface area contributed by atoms with Crippen molar-refractivity contribution < 1.29 is 22.8 Å². The molecule has 1 aliphatic carbocycles. The molecule has 0 unspecified atom stereocenters. The normalized spacial score (nSPS) is 13.8. The van der Waals surface area contributed by atoms with Crippen molar-refractivity contribution in [3.05, 3.63) is 46.2 Å². The Kier molecular flexibility index (Phi) is 7.17. The zero-order valence-electron chi connectivity index (χ0n) is 16.6. The minimum Gasteiger partial charge on any atom is -0.326 e. The van der Waals surface area contributed by atoms with E-state index in [4.69, 9.17) is 0 Å². The number of hydrogen-bond acceptors (Lipinski definition) is 6. The average Bonchev–Trinajstić information content (AvgIpc) is 3.40. The van der Waals surface area contributed by atoms with E-state index >= 15 is 0 Å². The lowest BCUT2D eigenvalue weighted by Crippen LogP contribution is -2.25. The number of Topliss-reactive ketones (excluding diaryl/α,β-unsaturated/α-hetero) is 2. The van der Waals surface area contributed by atoms with Gasteiger partial charge in [-0.25, -0.2) is 13.1 Å². The maximum Gasteiger partial charge on any atom is 0.240 e. The summed E-state index contributed by atoms with van der Waals surface area (Å²) in [6.45, 7) is 1.92. The van der Waals surface area contributed by atoms with Crippen molar-refractivity contribution in [1.29, 1.82) is 0 Å². The quantitative estimate of drug-likeness (QED) is 0.512. The number of aryl methyl sites for hydroxylation is 1. The molecular formula is C21H24N2O5S2. The zero-order chi connectivity index (χ0) is 21.7. The van der Waals surface area contributed by atoms with E-state index in [0.29, 0.717) is 10.6 Å². The molecule has 7 nitrogen and oxygen atoms in total. The third-order valence-electron chi connectivity index (χ3n) is 4.60. The van der Waals surface area contributed by atoms with Gasteiger partial charge in [-0.15, -0.1) is 11.3 Å². The molecule has 0 bridgehead atoms. The van der Waals surface area contributed by atoms with E-state index in [-0.39, 0.29) is 54.1 Å². The minimum absolute atomic E-state index is 0.00465. The predicted octanol–water partition coefficient (Wildman–Crippen LogP) is 3.45. The van der Waals surface area contributed by atoms with E-state index in [9.17, 15) is 22.8 Å². The molecule has 2 aromatic rings. The van der Waals surface area contributed by atoms with Gasteiger partial charge in [0.05, 0.1) is 9.77 Å². The third-order valence-corrected chi connectivity index (χ3v) is 7.16.